The second kappa shape index (κ2) is 6.19. The van der Waals surface area contributed by atoms with Gasteiger partial charge in [0.15, 0.2) is 0 Å². The van der Waals surface area contributed by atoms with Crippen molar-refractivity contribution in [3.05, 3.63) is 41.5 Å². The van der Waals surface area contributed by atoms with Gasteiger partial charge in [-0.25, -0.2) is 0 Å². The molecular formula is C16H18N2O. The van der Waals surface area contributed by atoms with Crippen LogP contribution in [0.25, 0.3) is 6.08 Å². The lowest BCUT2D eigenvalue weighted by Gasteiger charge is -2.28. The molecule has 1 aromatic carbocycles. The van der Waals surface area contributed by atoms with Gasteiger partial charge in [-0.3, -0.25) is 4.79 Å². The Balaban J connectivity index is 1.93. The van der Waals surface area contributed by atoms with Gasteiger partial charge in [-0.1, -0.05) is 29.8 Å². The van der Waals surface area contributed by atoms with E-state index < -0.39 is 0 Å². The van der Waals surface area contributed by atoms with Crippen LogP contribution in [-0.2, 0) is 4.79 Å². The molecule has 19 heavy (non-hydrogen) atoms. The van der Waals surface area contributed by atoms with Gasteiger partial charge in [0.1, 0.15) is 0 Å². The summed E-state index contributed by atoms with van der Waals surface area (Å²) < 4.78 is 0. The second-order valence-electron chi connectivity index (χ2n) is 4.98. The molecule has 1 aromatic rings. The number of carbonyl (C=O) groups is 1. The van der Waals surface area contributed by atoms with E-state index in [9.17, 15) is 4.79 Å². The van der Waals surface area contributed by atoms with Crippen LogP contribution in [0.3, 0.4) is 0 Å². The van der Waals surface area contributed by atoms with Crippen molar-refractivity contribution in [3.8, 4) is 6.07 Å². The lowest BCUT2D eigenvalue weighted by Crippen LogP contribution is -2.37. The van der Waals surface area contributed by atoms with Crippen LogP contribution in [0.2, 0.25) is 0 Å². The zero-order valence-electron chi connectivity index (χ0n) is 11.2. The summed E-state index contributed by atoms with van der Waals surface area (Å²) >= 11 is 0. The summed E-state index contributed by atoms with van der Waals surface area (Å²) in [4.78, 5) is 13.8. The number of rotatable bonds is 2. The van der Waals surface area contributed by atoms with E-state index in [1.807, 2.05) is 42.2 Å². The maximum Gasteiger partial charge on any atom is 0.246 e. The molecule has 0 aliphatic carbocycles. The summed E-state index contributed by atoms with van der Waals surface area (Å²) in [6, 6.07) is 10.3. The maximum atomic E-state index is 12.0. The normalized spacial score (nSPS) is 16.5. The van der Waals surface area contributed by atoms with Crippen molar-refractivity contribution in [3.63, 3.8) is 0 Å². The smallest absolute Gasteiger partial charge is 0.246 e. The summed E-state index contributed by atoms with van der Waals surface area (Å²) in [6.07, 6.45) is 5.06. The number of hydrogen-bond donors (Lipinski definition) is 0. The number of aryl methyl sites for hydroxylation is 1. The third kappa shape index (κ3) is 3.69. The van der Waals surface area contributed by atoms with Gasteiger partial charge in [0.25, 0.3) is 0 Å². The largest absolute Gasteiger partial charge is 0.339 e. The average molecular weight is 254 g/mol. The molecule has 3 nitrogen and oxygen atoms in total. The molecule has 1 fully saturated rings. The zero-order chi connectivity index (χ0) is 13.7. The number of piperidine rings is 1. The molecule has 1 heterocycles. The molecule has 2 rings (SSSR count). The quantitative estimate of drug-likeness (QED) is 0.762. The maximum absolute atomic E-state index is 12.0. The summed E-state index contributed by atoms with van der Waals surface area (Å²) in [5.74, 6) is 0.155. The minimum atomic E-state index is 0.0397. The summed E-state index contributed by atoms with van der Waals surface area (Å²) in [5, 5.41) is 8.83. The number of nitriles is 1. The van der Waals surface area contributed by atoms with Crippen molar-refractivity contribution in [2.75, 3.05) is 13.1 Å². The van der Waals surface area contributed by atoms with E-state index in [0.29, 0.717) is 13.1 Å². The van der Waals surface area contributed by atoms with Gasteiger partial charge in [-0.2, -0.15) is 5.26 Å². The van der Waals surface area contributed by atoms with E-state index in [2.05, 4.69) is 6.07 Å². The Morgan fingerprint density at radius 3 is 2.79 bits per heavy atom. The number of benzene rings is 1. The predicted molar refractivity (Wildman–Crippen MR) is 75.1 cm³/mol. The SMILES string of the molecule is Cc1cccc(/C=C/C(=O)N2CCC(C#N)CC2)c1. The lowest BCUT2D eigenvalue weighted by atomic mass is 9.98. The third-order valence-corrected chi connectivity index (χ3v) is 3.45. The summed E-state index contributed by atoms with van der Waals surface area (Å²) in [7, 11) is 0. The van der Waals surface area contributed by atoms with E-state index in [4.69, 9.17) is 5.26 Å². The van der Waals surface area contributed by atoms with Crippen LogP contribution in [0.1, 0.15) is 24.0 Å². The van der Waals surface area contributed by atoms with Gasteiger partial charge < -0.3 is 4.90 Å². The molecule has 0 N–H and O–H groups in total. The minimum Gasteiger partial charge on any atom is -0.339 e. The van der Waals surface area contributed by atoms with Crippen LogP contribution in [0, 0.1) is 24.2 Å². The van der Waals surface area contributed by atoms with Crippen LogP contribution >= 0.6 is 0 Å². The first-order valence-electron chi connectivity index (χ1n) is 6.62. The fourth-order valence-corrected chi connectivity index (χ4v) is 2.28. The molecular weight excluding hydrogens is 236 g/mol. The van der Waals surface area contributed by atoms with E-state index in [0.717, 1.165) is 18.4 Å². The van der Waals surface area contributed by atoms with Crippen molar-refractivity contribution in [1.29, 1.82) is 5.26 Å². The van der Waals surface area contributed by atoms with Crippen LogP contribution < -0.4 is 0 Å². The average Bonchev–Trinajstić information content (AvgIpc) is 2.45. The highest BCUT2D eigenvalue weighted by atomic mass is 16.2. The highest BCUT2D eigenvalue weighted by Crippen LogP contribution is 2.16. The van der Waals surface area contributed by atoms with Crippen LogP contribution in [-0.4, -0.2) is 23.9 Å². The van der Waals surface area contributed by atoms with E-state index in [1.165, 1.54) is 5.56 Å². The van der Waals surface area contributed by atoms with Crippen molar-refractivity contribution in [1.82, 2.24) is 4.90 Å². The third-order valence-electron chi connectivity index (χ3n) is 3.45. The predicted octanol–water partition coefficient (Wildman–Crippen LogP) is 2.77. The van der Waals surface area contributed by atoms with Crippen LogP contribution in [0.15, 0.2) is 30.3 Å². The fourth-order valence-electron chi connectivity index (χ4n) is 2.28. The molecule has 3 heteroatoms. The first-order valence-corrected chi connectivity index (χ1v) is 6.62. The zero-order valence-corrected chi connectivity index (χ0v) is 11.2. The molecule has 1 amide bonds. The van der Waals surface area contributed by atoms with Gasteiger partial charge >= 0.3 is 0 Å². The molecule has 0 saturated carbocycles. The van der Waals surface area contributed by atoms with Gasteiger partial charge in [-0.15, -0.1) is 0 Å². The molecule has 0 aromatic heterocycles. The highest BCUT2D eigenvalue weighted by molar-refractivity contribution is 5.91. The van der Waals surface area contributed by atoms with E-state index >= 15 is 0 Å². The van der Waals surface area contributed by atoms with Crippen molar-refractivity contribution in [2.45, 2.75) is 19.8 Å². The van der Waals surface area contributed by atoms with Gasteiger partial charge in [0.05, 0.1) is 6.07 Å². The number of likely N-dealkylation sites (tertiary alicyclic amines) is 1. The van der Waals surface area contributed by atoms with Crippen molar-refractivity contribution in [2.24, 2.45) is 5.92 Å². The summed E-state index contributed by atoms with van der Waals surface area (Å²) in [5.41, 5.74) is 2.23. The van der Waals surface area contributed by atoms with Crippen molar-refractivity contribution >= 4 is 12.0 Å². The Morgan fingerprint density at radius 1 is 1.42 bits per heavy atom. The second-order valence-corrected chi connectivity index (χ2v) is 4.98. The highest BCUT2D eigenvalue weighted by Gasteiger charge is 2.20. The molecule has 0 spiro atoms. The Bertz CT molecular complexity index is 520. The standard InChI is InChI=1S/C16H18N2O/c1-13-3-2-4-14(11-13)5-6-16(19)18-9-7-15(12-17)8-10-18/h2-6,11,15H,7-10H2,1H3/b6-5+. The minimum absolute atomic E-state index is 0.0397. The van der Waals surface area contributed by atoms with Gasteiger partial charge in [0, 0.05) is 25.1 Å². The number of amides is 1. The molecule has 1 saturated heterocycles. The lowest BCUT2D eigenvalue weighted by molar-refractivity contribution is -0.127. The first kappa shape index (κ1) is 13.4. The van der Waals surface area contributed by atoms with Gasteiger partial charge in [-0.05, 0) is 31.4 Å². The van der Waals surface area contributed by atoms with E-state index in [-0.39, 0.29) is 11.8 Å². The molecule has 1 aliphatic rings. The molecule has 0 bridgehead atoms. The van der Waals surface area contributed by atoms with Crippen LogP contribution in [0.5, 0.6) is 0 Å². The number of hydrogen-bond acceptors (Lipinski definition) is 2. The molecule has 1 aliphatic heterocycles. The summed E-state index contributed by atoms with van der Waals surface area (Å²) in [6.45, 7) is 3.41. The van der Waals surface area contributed by atoms with E-state index in [1.54, 1.807) is 6.08 Å². The molecule has 0 unspecified atom stereocenters. The molecule has 0 atom stereocenters. The molecule has 0 radical (unpaired) electrons. The monoisotopic (exact) mass is 254 g/mol. The Kier molecular flexibility index (Phi) is 4.35. The number of carbonyl (C=O) groups excluding carboxylic acids is 1. The number of nitrogens with zero attached hydrogens (tertiary/aromatic N) is 2. The van der Waals surface area contributed by atoms with Gasteiger partial charge in [0.2, 0.25) is 5.91 Å². The van der Waals surface area contributed by atoms with Crippen LogP contribution in [0.4, 0.5) is 0 Å². The first-order chi connectivity index (χ1) is 9.19. The fraction of sp³-hybridized carbons (Fsp3) is 0.375. The Labute approximate surface area is 114 Å². The topological polar surface area (TPSA) is 44.1 Å². The Hall–Kier alpha value is -2.08. The molecule has 98 valence electrons. The van der Waals surface area contributed by atoms with Crippen molar-refractivity contribution < 1.29 is 4.79 Å². The Morgan fingerprint density at radius 2 is 2.16 bits per heavy atom.